The number of rotatable bonds is 6. The van der Waals surface area contributed by atoms with Gasteiger partial charge in [-0.15, -0.1) is 0 Å². The van der Waals surface area contributed by atoms with Crippen molar-refractivity contribution in [1.29, 1.82) is 0 Å². The first-order valence-corrected chi connectivity index (χ1v) is 12.1. The van der Waals surface area contributed by atoms with Crippen LogP contribution in [0, 0.1) is 12.8 Å². The summed E-state index contributed by atoms with van der Waals surface area (Å²) in [5.74, 6) is -0.631. The summed E-state index contributed by atoms with van der Waals surface area (Å²) in [6, 6.07) is 11.4. The van der Waals surface area contributed by atoms with Gasteiger partial charge in [-0.1, -0.05) is 40.9 Å². The molecule has 8 heteroatoms. The van der Waals surface area contributed by atoms with Crippen LogP contribution in [0.15, 0.2) is 47.4 Å². The van der Waals surface area contributed by atoms with Crippen LogP contribution in [0.5, 0.6) is 0 Å². The Morgan fingerprint density at radius 1 is 1.00 bits per heavy atom. The quantitative estimate of drug-likeness (QED) is 0.582. The fourth-order valence-electron chi connectivity index (χ4n) is 3.52. The van der Waals surface area contributed by atoms with Gasteiger partial charge in [0.05, 0.1) is 20.7 Å². The molecule has 5 nitrogen and oxygen atoms in total. The molecule has 1 heterocycles. The second-order valence-electron chi connectivity index (χ2n) is 7.53. The van der Waals surface area contributed by atoms with Gasteiger partial charge < -0.3 is 4.90 Å². The van der Waals surface area contributed by atoms with Gasteiger partial charge >= 0.3 is 0 Å². The lowest BCUT2D eigenvalue weighted by Gasteiger charge is -2.31. The van der Waals surface area contributed by atoms with E-state index in [4.69, 9.17) is 23.2 Å². The van der Waals surface area contributed by atoms with Gasteiger partial charge in [-0.25, -0.2) is 8.42 Å². The van der Waals surface area contributed by atoms with Gasteiger partial charge in [0.25, 0.3) is 0 Å². The largest absolute Gasteiger partial charge is 0.343 e. The van der Waals surface area contributed by atoms with Crippen molar-refractivity contribution < 1.29 is 18.0 Å². The van der Waals surface area contributed by atoms with Crippen LogP contribution in [-0.2, 0) is 14.6 Å². The number of likely N-dealkylation sites (tertiary alicyclic amines) is 1. The number of piperidine rings is 1. The monoisotopic (exact) mass is 467 g/mol. The van der Waals surface area contributed by atoms with E-state index >= 15 is 0 Å². The molecule has 1 fully saturated rings. The first-order valence-electron chi connectivity index (χ1n) is 9.74. The smallest absolute Gasteiger partial charge is 0.223 e. The summed E-state index contributed by atoms with van der Waals surface area (Å²) in [5.41, 5.74) is 1.49. The maximum absolute atomic E-state index is 12.7. The third kappa shape index (κ3) is 5.42. The highest BCUT2D eigenvalue weighted by atomic mass is 35.5. The number of halogens is 2. The molecule has 2 aromatic carbocycles. The maximum atomic E-state index is 12.7. The van der Waals surface area contributed by atoms with Crippen molar-refractivity contribution in [1.82, 2.24) is 4.90 Å². The van der Waals surface area contributed by atoms with E-state index in [-0.39, 0.29) is 34.7 Å². The van der Waals surface area contributed by atoms with Crippen molar-refractivity contribution in [2.24, 2.45) is 5.92 Å². The van der Waals surface area contributed by atoms with E-state index in [0.29, 0.717) is 41.5 Å². The number of carbonyl (C=O) groups is 2. The van der Waals surface area contributed by atoms with Crippen molar-refractivity contribution in [3.8, 4) is 0 Å². The van der Waals surface area contributed by atoms with E-state index in [2.05, 4.69) is 0 Å². The van der Waals surface area contributed by atoms with E-state index in [0.717, 1.165) is 5.56 Å². The molecule has 0 bridgehead atoms. The van der Waals surface area contributed by atoms with Gasteiger partial charge in [-0.2, -0.15) is 0 Å². The van der Waals surface area contributed by atoms with E-state index < -0.39 is 9.84 Å². The van der Waals surface area contributed by atoms with Gasteiger partial charge in [0, 0.05) is 31.0 Å². The standard InChI is InChI=1S/C22H23Cl2NO4S/c1-15-2-5-18(6-3-15)30(28,29)13-10-21(26)25-11-8-16(9-12-25)22(27)17-4-7-19(23)20(24)14-17/h2-7,14,16H,8-13H2,1H3. The summed E-state index contributed by atoms with van der Waals surface area (Å²) in [6.07, 6.45) is 1.01. The normalized spacial score (nSPS) is 15.2. The number of sulfone groups is 1. The molecule has 0 N–H and O–H groups in total. The highest BCUT2D eigenvalue weighted by molar-refractivity contribution is 7.91. The molecule has 0 aromatic heterocycles. The second-order valence-corrected chi connectivity index (χ2v) is 10.5. The molecule has 1 amide bonds. The molecule has 1 aliphatic rings. The van der Waals surface area contributed by atoms with Crippen molar-refractivity contribution in [2.75, 3.05) is 18.8 Å². The molecule has 160 valence electrons. The number of hydrogen-bond acceptors (Lipinski definition) is 4. The summed E-state index contributed by atoms with van der Waals surface area (Å²) < 4.78 is 24.9. The molecule has 1 saturated heterocycles. The predicted molar refractivity (Wildman–Crippen MR) is 118 cm³/mol. The zero-order valence-electron chi connectivity index (χ0n) is 16.6. The number of nitrogens with zero attached hydrogens (tertiary/aromatic N) is 1. The van der Waals surface area contributed by atoms with Crippen molar-refractivity contribution in [3.63, 3.8) is 0 Å². The van der Waals surface area contributed by atoms with E-state index in [9.17, 15) is 18.0 Å². The fourth-order valence-corrected chi connectivity index (χ4v) is 5.05. The summed E-state index contributed by atoms with van der Waals surface area (Å²) in [4.78, 5) is 27.1. The Hall–Kier alpha value is -1.89. The number of ketones is 1. The molecule has 0 atom stereocenters. The Bertz CT molecular complexity index is 1040. The highest BCUT2D eigenvalue weighted by Gasteiger charge is 2.29. The van der Waals surface area contributed by atoms with Gasteiger partial charge in [-0.3, -0.25) is 9.59 Å². The Morgan fingerprint density at radius 2 is 1.63 bits per heavy atom. The lowest BCUT2D eigenvalue weighted by Crippen LogP contribution is -2.40. The number of Topliss-reactive ketones (excluding diaryl/α,β-unsaturated/α-hetero) is 1. The van der Waals surface area contributed by atoms with Gasteiger partial charge in [-0.05, 0) is 50.1 Å². The molecular weight excluding hydrogens is 445 g/mol. The minimum atomic E-state index is -3.50. The lowest BCUT2D eigenvalue weighted by molar-refractivity contribution is -0.132. The second kappa shape index (κ2) is 9.50. The van der Waals surface area contributed by atoms with Crippen LogP contribution in [0.4, 0.5) is 0 Å². The number of benzene rings is 2. The number of hydrogen-bond donors (Lipinski definition) is 0. The number of carbonyl (C=O) groups excluding carboxylic acids is 2. The van der Waals surface area contributed by atoms with Crippen LogP contribution in [0.1, 0.15) is 35.2 Å². The number of aryl methyl sites for hydroxylation is 1. The van der Waals surface area contributed by atoms with Gasteiger partial charge in [0.15, 0.2) is 15.6 Å². The van der Waals surface area contributed by atoms with Gasteiger partial charge in [0.2, 0.25) is 5.91 Å². The summed E-state index contributed by atoms with van der Waals surface area (Å²) >= 11 is 11.9. The van der Waals surface area contributed by atoms with Crippen molar-refractivity contribution >= 4 is 44.7 Å². The molecule has 0 spiro atoms. The molecule has 0 saturated carbocycles. The van der Waals surface area contributed by atoms with E-state index in [1.165, 1.54) is 0 Å². The molecule has 3 rings (SSSR count). The van der Waals surface area contributed by atoms with Crippen LogP contribution in [0.2, 0.25) is 10.0 Å². The summed E-state index contributed by atoms with van der Waals surface area (Å²) in [7, 11) is -3.50. The summed E-state index contributed by atoms with van der Waals surface area (Å²) in [5, 5.41) is 0.735. The van der Waals surface area contributed by atoms with Gasteiger partial charge in [0.1, 0.15) is 0 Å². The van der Waals surface area contributed by atoms with Crippen molar-refractivity contribution in [2.45, 2.75) is 31.1 Å². The minimum Gasteiger partial charge on any atom is -0.343 e. The van der Waals surface area contributed by atoms with Crippen LogP contribution < -0.4 is 0 Å². The fraction of sp³-hybridized carbons (Fsp3) is 0.364. The lowest BCUT2D eigenvalue weighted by atomic mass is 9.89. The Morgan fingerprint density at radius 3 is 2.23 bits per heavy atom. The SMILES string of the molecule is Cc1ccc(S(=O)(=O)CCC(=O)N2CCC(C(=O)c3ccc(Cl)c(Cl)c3)CC2)cc1. The Kier molecular flexibility index (Phi) is 7.22. The third-order valence-corrected chi connectivity index (χ3v) is 7.86. The zero-order chi connectivity index (χ0) is 21.9. The molecular formula is C22H23Cl2NO4S. The molecule has 1 aliphatic heterocycles. The Balaban J connectivity index is 1.53. The van der Waals surface area contributed by atoms with Crippen LogP contribution >= 0.6 is 23.2 Å². The maximum Gasteiger partial charge on any atom is 0.223 e. The first kappa shape index (κ1) is 22.8. The molecule has 30 heavy (non-hydrogen) atoms. The van der Waals surface area contributed by atoms with E-state index in [1.54, 1.807) is 47.4 Å². The number of amides is 1. The molecule has 0 aliphatic carbocycles. The molecule has 0 unspecified atom stereocenters. The van der Waals surface area contributed by atoms with Crippen LogP contribution in [0.25, 0.3) is 0 Å². The zero-order valence-corrected chi connectivity index (χ0v) is 18.9. The topological polar surface area (TPSA) is 71.5 Å². The highest BCUT2D eigenvalue weighted by Crippen LogP contribution is 2.27. The van der Waals surface area contributed by atoms with Crippen molar-refractivity contribution in [3.05, 3.63) is 63.6 Å². The third-order valence-electron chi connectivity index (χ3n) is 5.39. The Labute approximate surface area is 186 Å². The van der Waals surface area contributed by atoms with Crippen LogP contribution in [-0.4, -0.2) is 43.9 Å². The summed E-state index contributed by atoms with van der Waals surface area (Å²) in [6.45, 7) is 2.75. The van der Waals surface area contributed by atoms with E-state index in [1.807, 2.05) is 6.92 Å². The molecule has 0 radical (unpaired) electrons. The average Bonchev–Trinajstić information content (AvgIpc) is 2.74. The average molecular weight is 468 g/mol. The molecule has 2 aromatic rings. The predicted octanol–water partition coefficient (Wildman–Crippen LogP) is 4.59. The van der Waals surface area contributed by atoms with Crippen LogP contribution in [0.3, 0.4) is 0 Å². The first-order chi connectivity index (χ1) is 14.2. The minimum absolute atomic E-state index is 0.0115.